The number of hydrogen-bond donors (Lipinski definition) is 3. The molecular weight excluding hydrogens is 357 g/mol. The van der Waals surface area contributed by atoms with E-state index in [9.17, 15) is 18.0 Å². The zero-order valence-corrected chi connectivity index (χ0v) is 13.9. The predicted molar refractivity (Wildman–Crippen MR) is 90.5 cm³/mol. The zero-order valence-electron chi connectivity index (χ0n) is 13.2. The van der Waals surface area contributed by atoms with Gasteiger partial charge in [-0.1, -0.05) is 23.7 Å². The Balaban J connectivity index is 2.08. The standard InChI is InChI=1S/C17H16ClF3N2O2/c1-10(22-12-4-2-3-11(7-12)9-24)16(25)23-13-5-6-15(18)14(8-13)17(19,20)21/h2-8,10,22,24H,9H2,1H3,(H,23,25)/t10-/m1/s1. The topological polar surface area (TPSA) is 61.4 Å². The highest BCUT2D eigenvalue weighted by atomic mass is 35.5. The number of rotatable bonds is 5. The summed E-state index contributed by atoms with van der Waals surface area (Å²) in [4.78, 5) is 12.2. The van der Waals surface area contributed by atoms with E-state index in [1.54, 1.807) is 31.2 Å². The first-order chi connectivity index (χ1) is 11.7. The Bertz CT molecular complexity index is 766. The highest BCUT2D eigenvalue weighted by molar-refractivity contribution is 6.31. The van der Waals surface area contributed by atoms with E-state index in [1.165, 1.54) is 6.07 Å². The van der Waals surface area contributed by atoms with Crippen molar-refractivity contribution in [2.45, 2.75) is 25.7 Å². The Morgan fingerprint density at radius 1 is 1.20 bits per heavy atom. The average Bonchev–Trinajstić information content (AvgIpc) is 2.55. The largest absolute Gasteiger partial charge is 0.417 e. The van der Waals surface area contributed by atoms with Crippen LogP contribution in [0.15, 0.2) is 42.5 Å². The fraction of sp³-hybridized carbons (Fsp3) is 0.235. The minimum Gasteiger partial charge on any atom is -0.392 e. The maximum atomic E-state index is 12.9. The van der Waals surface area contributed by atoms with Crippen LogP contribution in [0.5, 0.6) is 0 Å². The van der Waals surface area contributed by atoms with E-state index < -0.39 is 28.7 Å². The number of benzene rings is 2. The maximum Gasteiger partial charge on any atom is 0.417 e. The molecule has 2 rings (SSSR count). The number of amides is 1. The molecule has 4 nitrogen and oxygen atoms in total. The summed E-state index contributed by atoms with van der Waals surface area (Å²) in [6, 6.07) is 9.30. The lowest BCUT2D eigenvalue weighted by Crippen LogP contribution is -2.32. The van der Waals surface area contributed by atoms with Gasteiger partial charge in [0.15, 0.2) is 0 Å². The molecule has 134 valence electrons. The summed E-state index contributed by atoms with van der Waals surface area (Å²) in [5.41, 5.74) is 0.272. The average molecular weight is 373 g/mol. The summed E-state index contributed by atoms with van der Waals surface area (Å²) < 4.78 is 38.6. The van der Waals surface area contributed by atoms with Gasteiger partial charge in [0, 0.05) is 11.4 Å². The molecule has 3 N–H and O–H groups in total. The lowest BCUT2D eigenvalue weighted by Gasteiger charge is -2.17. The van der Waals surface area contributed by atoms with E-state index in [2.05, 4.69) is 10.6 Å². The molecule has 0 aliphatic heterocycles. The number of alkyl halides is 3. The summed E-state index contributed by atoms with van der Waals surface area (Å²) in [6.07, 6.45) is -4.60. The first-order valence-electron chi connectivity index (χ1n) is 7.34. The monoisotopic (exact) mass is 372 g/mol. The molecule has 8 heteroatoms. The van der Waals surface area contributed by atoms with Crippen molar-refractivity contribution in [1.82, 2.24) is 0 Å². The van der Waals surface area contributed by atoms with Gasteiger partial charge in [-0.2, -0.15) is 13.2 Å². The van der Waals surface area contributed by atoms with E-state index >= 15 is 0 Å². The molecule has 25 heavy (non-hydrogen) atoms. The quantitative estimate of drug-likeness (QED) is 0.733. The second kappa shape index (κ2) is 7.76. The Morgan fingerprint density at radius 2 is 1.92 bits per heavy atom. The fourth-order valence-electron chi connectivity index (χ4n) is 2.15. The second-order valence-electron chi connectivity index (χ2n) is 5.41. The second-order valence-corrected chi connectivity index (χ2v) is 5.81. The molecule has 1 atom stereocenters. The predicted octanol–water partition coefficient (Wildman–Crippen LogP) is 4.29. The van der Waals surface area contributed by atoms with Crippen LogP contribution in [0.4, 0.5) is 24.5 Å². The molecule has 0 aliphatic carbocycles. The van der Waals surface area contributed by atoms with E-state index in [1.807, 2.05) is 0 Å². The van der Waals surface area contributed by atoms with Gasteiger partial charge in [-0.15, -0.1) is 0 Å². The van der Waals surface area contributed by atoms with Crippen LogP contribution in [0.25, 0.3) is 0 Å². The third-order valence-corrected chi connectivity index (χ3v) is 3.75. The molecular formula is C17H16ClF3N2O2. The third kappa shape index (κ3) is 5.11. The van der Waals surface area contributed by atoms with E-state index in [0.29, 0.717) is 11.3 Å². The fourth-order valence-corrected chi connectivity index (χ4v) is 2.37. The SMILES string of the molecule is C[C@@H](Nc1cccc(CO)c1)C(=O)Nc1ccc(Cl)c(C(F)(F)F)c1. The minimum atomic E-state index is -4.60. The molecule has 0 radical (unpaired) electrons. The minimum absolute atomic E-state index is 0.000478. The summed E-state index contributed by atoms with van der Waals surface area (Å²) in [6.45, 7) is 1.43. The molecule has 0 saturated carbocycles. The molecule has 0 fully saturated rings. The molecule has 1 amide bonds. The van der Waals surface area contributed by atoms with Gasteiger partial charge in [0.05, 0.1) is 17.2 Å². The van der Waals surface area contributed by atoms with E-state index in [-0.39, 0.29) is 12.3 Å². The van der Waals surface area contributed by atoms with E-state index in [4.69, 9.17) is 16.7 Å². The van der Waals surface area contributed by atoms with Crippen molar-refractivity contribution >= 4 is 28.9 Å². The van der Waals surface area contributed by atoms with Crippen molar-refractivity contribution in [2.75, 3.05) is 10.6 Å². The van der Waals surface area contributed by atoms with Crippen LogP contribution in [0.1, 0.15) is 18.1 Å². The molecule has 2 aromatic carbocycles. The number of halogens is 4. The van der Waals surface area contributed by atoms with Gasteiger partial charge in [-0.25, -0.2) is 0 Å². The number of anilines is 2. The Labute approximate surface area is 147 Å². The van der Waals surface area contributed by atoms with Gasteiger partial charge >= 0.3 is 6.18 Å². The molecule has 0 spiro atoms. The van der Waals surface area contributed by atoms with Crippen LogP contribution in [0, 0.1) is 0 Å². The molecule has 0 heterocycles. The molecule has 0 saturated heterocycles. The summed E-state index contributed by atoms with van der Waals surface area (Å²) in [5, 5.41) is 14.0. The number of aliphatic hydroxyl groups is 1. The Morgan fingerprint density at radius 3 is 2.56 bits per heavy atom. The first kappa shape index (κ1) is 19.1. The van der Waals surface area contributed by atoms with Crippen LogP contribution in [-0.2, 0) is 17.6 Å². The molecule has 0 unspecified atom stereocenters. The van der Waals surface area contributed by atoms with Gasteiger partial charge in [-0.3, -0.25) is 4.79 Å². The number of aliphatic hydroxyl groups excluding tert-OH is 1. The highest BCUT2D eigenvalue weighted by Crippen LogP contribution is 2.36. The van der Waals surface area contributed by atoms with Crippen molar-refractivity contribution in [3.8, 4) is 0 Å². The van der Waals surface area contributed by atoms with Crippen LogP contribution >= 0.6 is 11.6 Å². The number of hydrogen-bond acceptors (Lipinski definition) is 3. The van der Waals surface area contributed by atoms with Gasteiger partial charge in [-0.05, 0) is 42.8 Å². The number of carbonyl (C=O) groups is 1. The summed E-state index contributed by atoms with van der Waals surface area (Å²) in [7, 11) is 0. The van der Waals surface area contributed by atoms with Crippen molar-refractivity contribution in [2.24, 2.45) is 0 Å². The lowest BCUT2D eigenvalue weighted by molar-refractivity contribution is -0.137. The molecule has 0 bridgehead atoms. The van der Waals surface area contributed by atoms with Crippen LogP contribution < -0.4 is 10.6 Å². The first-order valence-corrected chi connectivity index (χ1v) is 7.72. The number of carbonyl (C=O) groups excluding carboxylic acids is 1. The van der Waals surface area contributed by atoms with Crippen LogP contribution in [-0.4, -0.2) is 17.1 Å². The van der Waals surface area contributed by atoms with Crippen molar-refractivity contribution in [3.63, 3.8) is 0 Å². The maximum absolute atomic E-state index is 12.9. The van der Waals surface area contributed by atoms with E-state index in [0.717, 1.165) is 12.1 Å². The lowest BCUT2D eigenvalue weighted by atomic mass is 10.1. The molecule has 2 aromatic rings. The Hall–Kier alpha value is -2.25. The van der Waals surface area contributed by atoms with Gasteiger partial charge in [0.2, 0.25) is 5.91 Å². The van der Waals surface area contributed by atoms with Gasteiger partial charge < -0.3 is 15.7 Å². The highest BCUT2D eigenvalue weighted by Gasteiger charge is 2.33. The van der Waals surface area contributed by atoms with Crippen molar-refractivity contribution < 1.29 is 23.1 Å². The normalized spacial score (nSPS) is 12.6. The van der Waals surface area contributed by atoms with Crippen LogP contribution in [0.2, 0.25) is 5.02 Å². The van der Waals surface area contributed by atoms with Crippen LogP contribution in [0.3, 0.4) is 0 Å². The summed E-state index contributed by atoms with van der Waals surface area (Å²) in [5.74, 6) is -0.509. The van der Waals surface area contributed by atoms with Crippen molar-refractivity contribution in [1.29, 1.82) is 0 Å². The molecule has 0 aromatic heterocycles. The smallest absolute Gasteiger partial charge is 0.392 e. The third-order valence-electron chi connectivity index (χ3n) is 3.43. The zero-order chi connectivity index (χ0) is 18.6. The summed E-state index contributed by atoms with van der Waals surface area (Å²) >= 11 is 5.55. The van der Waals surface area contributed by atoms with Gasteiger partial charge in [0.1, 0.15) is 6.04 Å². The Kier molecular flexibility index (Phi) is 5.92. The molecule has 0 aliphatic rings. The van der Waals surface area contributed by atoms with Gasteiger partial charge in [0.25, 0.3) is 0 Å². The number of nitrogens with one attached hydrogen (secondary N) is 2. The van der Waals surface area contributed by atoms with Crippen molar-refractivity contribution in [3.05, 3.63) is 58.6 Å².